The van der Waals surface area contributed by atoms with Gasteiger partial charge in [0.25, 0.3) is 0 Å². The van der Waals surface area contributed by atoms with Crippen LogP contribution in [0.25, 0.3) is 0 Å². The molecule has 1 saturated heterocycles. The van der Waals surface area contributed by atoms with Crippen LogP contribution < -0.4 is 0 Å². The third-order valence-corrected chi connectivity index (χ3v) is 3.96. The van der Waals surface area contributed by atoms with E-state index in [-0.39, 0.29) is 0 Å². The average molecular weight is 242 g/mol. The summed E-state index contributed by atoms with van der Waals surface area (Å²) in [7, 11) is 4.49. The highest BCUT2D eigenvalue weighted by molar-refractivity contribution is 4.75. The van der Waals surface area contributed by atoms with Gasteiger partial charge in [0.15, 0.2) is 0 Å². The summed E-state index contributed by atoms with van der Waals surface area (Å²) in [6.45, 7) is 4.02. The Kier molecular flexibility index (Phi) is 7.82. The van der Waals surface area contributed by atoms with Crippen molar-refractivity contribution in [3.63, 3.8) is 0 Å². The maximum atomic E-state index is 8.72. The number of unbranched alkanes of at least 4 members (excludes halogenated alkanes) is 2. The second-order valence-corrected chi connectivity index (χ2v) is 5.51. The molecule has 1 rings (SSSR count). The molecule has 1 unspecified atom stereocenters. The van der Waals surface area contributed by atoms with Crippen molar-refractivity contribution in [1.29, 1.82) is 0 Å². The lowest BCUT2D eigenvalue weighted by Crippen LogP contribution is -2.38. The Hall–Kier alpha value is -0.120. The van der Waals surface area contributed by atoms with E-state index in [4.69, 9.17) is 5.11 Å². The standard InChI is InChI=1S/C14H30N2O/c1-15(10-5-3-7-13-17)12-9-14-8-4-6-11-16(14)2/h14,17H,3-13H2,1-2H3. The van der Waals surface area contributed by atoms with Gasteiger partial charge in [0.1, 0.15) is 0 Å². The van der Waals surface area contributed by atoms with E-state index in [0.29, 0.717) is 6.61 Å². The summed E-state index contributed by atoms with van der Waals surface area (Å²) in [6, 6.07) is 0.809. The molecule has 3 heteroatoms. The summed E-state index contributed by atoms with van der Waals surface area (Å²) in [5.41, 5.74) is 0. The largest absolute Gasteiger partial charge is 0.396 e. The first-order valence-corrected chi connectivity index (χ1v) is 7.23. The highest BCUT2D eigenvalue weighted by Crippen LogP contribution is 2.17. The van der Waals surface area contributed by atoms with E-state index in [1.807, 2.05) is 0 Å². The van der Waals surface area contributed by atoms with Crippen LogP contribution in [-0.2, 0) is 0 Å². The van der Waals surface area contributed by atoms with Crippen LogP contribution >= 0.6 is 0 Å². The van der Waals surface area contributed by atoms with Gasteiger partial charge in [-0.1, -0.05) is 6.42 Å². The molecule has 3 nitrogen and oxygen atoms in total. The zero-order valence-electron chi connectivity index (χ0n) is 11.7. The Morgan fingerprint density at radius 2 is 2.00 bits per heavy atom. The maximum Gasteiger partial charge on any atom is 0.0431 e. The average Bonchev–Trinajstić information content (AvgIpc) is 2.34. The van der Waals surface area contributed by atoms with Gasteiger partial charge in [0.2, 0.25) is 0 Å². The minimum atomic E-state index is 0.344. The fraction of sp³-hybridized carbons (Fsp3) is 1.00. The number of hydrogen-bond acceptors (Lipinski definition) is 3. The van der Waals surface area contributed by atoms with E-state index in [2.05, 4.69) is 23.9 Å². The third-order valence-electron chi connectivity index (χ3n) is 3.96. The van der Waals surface area contributed by atoms with E-state index in [1.165, 1.54) is 51.7 Å². The van der Waals surface area contributed by atoms with Crippen LogP contribution in [0.15, 0.2) is 0 Å². The van der Waals surface area contributed by atoms with Gasteiger partial charge in [-0.2, -0.15) is 0 Å². The van der Waals surface area contributed by atoms with E-state index in [1.54, 1.807) is 0 Å². The Labute approximate surface area is 107 Å². The zero-order valence-corrected chi connectivity index (χ0v) is 11.7. The van der Waals surface area contributed by atoms with Crippen LogP contribution in [0.3, 0.4) is 0 Å². The highest BCUT2D eigenvalue weighted by Gasteiger charge is 2.18. The van der Waals surface area contributed by atoms with Crippen molar-refractivity contribution in [3.05, 3.63) is 0 Å². The van der Waals surface area contributed by atoms with Gasteiger partial charge < -0.3 is 14.9 Å². The number of hydrogen-bond donors (Lipinski definition) is 1. The fourth-order valence-corrected chi connectivity index (χ4v) is 2.66. The summed E-state index contributed by atoms with van der Waals surface area (Å²) in [5.74, 6) is 0. The minimum Gasteiger partial charge on any atom is -0.396 e. The molecular formula is C14H30N2O. The molecule has 1 aliphatic rings. The van der Waals surface area contributed by atoms with E-state index in [0.717, 1.165) is 18.9 Å². The van der Waals surface area contributed by atoms with Crippen LogP contribution in [0, 0.1) is 0 Å². The van der Waals surface area contributed by atoms with Crippen molar-refractivity contribution in [2.75, 3.05) is 40.3 Å². The van der Waals surface area contributed by atoms with Crippen LogP contribution in [0.2, 0.25) is 0 Å². The number of rotatable bonds is 8. The molecule has 0 radical (unpaired) electrons. The molecule has 1 N–H and O–H groups in total. The summed E-state index contributed by atoms with van der Waals surface area (Å²) in [4.78, 5) is 4.98. The molecule has 0 aliphatic carbocycles. The maximum absolute atomic E-state index is 8.72. The molecule has 102 valence electrons. The summed E-state index contributed by atoms with van der Waals surface area (Å²) in [6.07, 6.45) is 8.82. The third kappa shape index (κ3) is 6.39. The van der Waals surface area contributed by atoms with E-state index >= 15 is 0 Å². The molecule has 0 aromatic rings. The van der Waals surface area contributed by atoms with E-state index < -0.39 is 0 Å². The topological polar surface area (TPSA) is 26.7 Å². The van der Waals surface area contributed by atoms with Gasteiger partial charge in [0, 0.05) is 12.6 Å². The number of aliphatic hydroxyl groups is 1. The second-order valence-electron chi connectivity index (χ2n) is 5.51. The van der Waals surface area contributed by atoms with Crippen molar-refractivity contribution < 1.29 is 5.11 Å². The molecule has 1 atom stereocenters. The molecule has 17 heavy (non-hydrogen) atoms. The van der Waals surface area contributed by atoms with Crippen molar-refractivity contribution in [2.24, 2.45) is 0 Å². The highest BCUT2D eigenvalue weighted by atomic mass is 16.2. The SMILES string of the molecule is CN(CCCCCO)CCC1CCCCN1C. The number of aliphatic hydroxyl groups excluding tert-OH is 1. The van der Waals surface area contributed by atoms with Gasteiger partial charge in [-0.25, -0.2) is 0 Å². The Morgan fingerprint density at radius 1 is 1.18 bits per heavy atom. The first-order chi connectivity index (χ1) is 8.24. The summed E-state index contributed by atoms with van der Waals surface area (Å²) < 4.78 is 0. The monoisotopic (exact) mass is 242 g/mol. The van der Waals surface area contributed by atoms with Crippen molar-refractivity contribution in [2.45, 2.75) is 51.0 Å². The fourth-order valence-electron chi connectivity index (χ4n) is 2.66. The number of piperidine rings is 1. The molecule has 0 aromatic carbocycles. The van der Waals surface area contributed by atoms with Crippen LogP contribution in [-0.4, -0.2) is 61.3 Å². The van der Waals surface area contributed by atoms with Gasteiger partial charge in [-0.15, -0.1) is 0 Å². The molecule has 0 spiro atoms. The predicted octanol–water partition coefficient (Wildman–Crippen LogP) is 1.96. The summed E-state index contributed by atoms with van der Waals surface area (Å²) in [5, 5.41) is 8.72. The van der Waals surface area contributed by atoms with Crippen molar-refractivity contribution >= 4 is 0 Å². The van der Waals surface area contributed by atoms with Crippen LogP contribution in [0.1, 0.15) is 44.9 Å². The molecular weight excluding hydrogens is 212 g/mol. The molecule has 0 aromatic heterocycles. The normalized spacial score (nSPS) is 22.2. The van der Waals surface area contributed by atoms with Gasteiger partial charge in [-0.05, 0) is 72.3 Å². The molecule has 1 aliphatic heterocycles. The number of nitrogens with zero attached hydrogens (tertiary/aromatic N) is 2. The lowest BCUT2D eigenvalue weighted by molar-refractivity contribution is 0.160. The molecule has 1 fully saturated rings. The molecule has 0 bridgehead atoms. The Balaban J connectivity index is 2.03. The first kappa shape index (κ1) is 14.9. The predicted molar refractivity (Wildman–Crippen MR) is 73.3 cm³/mol. The van der Waals surface area contributed by atoms with Crippen LogP contribution in [0.5, 0.6) is 0 Å². The van der Waals surface area contributed by atoms with Crippen molar-refractivity contribution in [3.8, 4) is 0 Å². The van der Waals surface area contributed by atoms with Crippen molar-refractivity contribution in [1.82, 2.24) is 9.80 Å². The Bertz CT molecular complexity index is 187. The molecule has 0 amide bonds. The smallest absolute Gasteiger partial charge is 0.0431 e. The van der Waals surface area contributed by atoms with Gasteiger partial charge in [-0.3, -0.25) is 0 Å². The van der Waals surface area contributed by atoms with Gasteiger partial charge >= 0.3 is 0 Å². The Morgan fingerprint density at radius 3 is 2.71 bits per heavy atom. The lowest BCUT2D eigenvalue weighted by atomic mass is 10.00. The second kappa shape index (κ2) is 8.90. The van der Waals surface area contributed by atoms with E-state index in [9.17, 15) is 0 Å². The summed E-state index contributed by atoms with van der Waals surface area (Å²) >= 11 is 0. The van der Waals surface area contributed by atoms with Gasteiger partial charge in [0.05, 0.1) is 0 Å². The number of likely N-dealkylation sites (tertiary alicyclic amines) is 1. The molecule has 1 heterocycles. The zero-order chi connectivity index (χ0) is 12.5. The minimum absolute atomic E-state index is 0.344. The van der Waals surface area contributed by atoms with Crippen LogP contribution in [0.4, 0.5) is 0 Å². The first-order valence-electron chi connectivity index (χ1n) is 7.23. The lowest BCUT2D eigenvalue weighted by Gasteiger charge is -2.33. The molecule has 0 saturated carbocycles. The quantitative estimate of drug-likeness (QED) is 0.659.